The van der Waals surface area contributed by atoms with Gasteiger partial charge in [-0.1, -0.05) is 30.3 Å². The molecule has 0 heterocycles. The van der Waals surface area contributed by atoms with Crippen molar-refractivity contribution in [2.75, 3.05) is 13.1 Å². The quantitative estimate of drug-likeness (QED) is 0.669. The SMILES string of the molecule is CC(N)CCCNCCc1ccccc1. The number of nitrogens with one attached hydrogen (secondary N) is 1. The van der Waals surface area contributed by atoms with Gasteiger partial charge >= 0.3 is 0 Å². The van der Waals surface area contributed by atoms with Crippen LogP contribution < -0.4 is 11.1 Å². The second-order valence-electron chi connectivity index (χ2n) is 4.11. The molecule has 15 heavy (non-hydrogen) atoms. The van der Waals surface area contributed by atoms with Crippen molar-refractivity contribution in [2.45, 2.75) is 32.2 Å². The van der Waals surface area contributed by atoms with Crippen molar-refractivity contribution < 1.29 is 0 Å². The van der Waals surface area contributed by atoms with Gasteiger partial charge in [-0.05, 0) is 44.8 Å². The van der Waals surface area contributed by atoms with Gasteiger partial charge in [0.25, 0.3) is 0 Å². The molecule has 0 saturated carbocycles. The topological polar surface area (TPSA) is 38.0 Å². The zero-order chi connectivity index (χ0) is 10.9. The molecule has 2 heteroatoms. The summed E-state index contributed by atoms with van der Waals surface area (Å²) in [5.74, 6) is 0. The molecule has 0 aliphatic heterocycles. The van der Waals surface area contributed by atoms with E-state index in [2.05, 4.69) is 42.6 Å². The molecule has 0 aliphatic carbocycles. The molecule has 0 fully saturated rings. The maximum Gasteiger partial charge on any atom is 0.00109 e. The second kappa shape index (κ2) is 7.43. The summed E-state index contributed by atoms with van der Waals surface area (Å²) >= 11 is 0. The van der Waals surface area contributed by atoms with Gasteiger partial charge in [-0.15, -0.1) is 0 Å². The highest BCUT2D eigenvalue weighted by atomic mass is 14.8. The molecule has 0 radical (unpaired) electrons. The Balaban J connectivity index is 1.98. The smallest absolute Gasteiger partial charge is 0.00109 e. The average Bonchev–Trinajstić information content (AvgIpc) is 2.24. The molecular formula is C13H22N2. The minimum absolute atomic E-state index is 0.334. The predicted molar refractivity (Wildman–Crippen MR) is 65.9 cm³/mol. The summed E-state index contributed by atoms with van der Waals surface area (Å²) in [5.41, 5.74) is 7.07. The number of rotatable bonds is 7. The third-order valence-corrected chi connectivity index (χ3v) is 2.45. The molecule has 0 aromatic heterocycles. The zero-order valence-electron chi connectivity index (χ0n) is 9.58. The Morgan fingerprint density at radius 2 is 1.93 bits per heavy atom. The van der Waals surface area contributed by atoms with Crippen LogP contribution in [0.3, 0.4) is 0 Å². The monoisotopic (exact) mass is 206 g/mol. The van der Waals surface area contributed by atoms with Crippen LogP contribution in [0.5, 0.6) is 0 Å². The van der Waals surface area contributed by atoms with E-state index in [1.165, 1.54) is 12.0 Å². The van der Waals surface area contributed by atoms with Crippen molar-refractivity contribution in [3.05, 3.63) is 35.9 Å². The standard InChI is InChI=1S/C13H22N2/c1-12(14)6-5-10-15-11-9-13-7-3-2-4-8-13/h2-4,7-8,12,15H,5-6,9-11,14H2,1H3. The summed E-state index contributed by atoms with van der Waals surface area (Å²) in [6, 6.07) is 10.9. The Hall–Kier alpha value is -0.860. The molecule has 1 aromatic carbocycles. The van der Waals surface area contributed by atoms with E-state index in [1.54, 1.807) is 0 Å². The Morgan fingerprint density at radius 1 is 1.20 bits per heavy atom. The third-order valence-electron chi connectivity index (χ3n) is 2.45. The van der Waals surface area contributed by atoms with E-state index in [1.807, 2.05) is 0 Å². The van der Waals surface area contributed by atoms with Crippen molar-refractivity contribution in [2.24, 2.45) is 5.73 Å². The molecule has 2 nitrogen and oxygen atoms in total. The molecule has 3 N–H and O–H groups in total. The summed E-state index contributed by atoms with van der Waals surface area (Å²) in [6.45, 7) is 4.20. The highest BCUT2D eigenvalue weighted by Gasteiger charge is 1.94. The molecule has 0 amide bonds. The molecule has 1 aromatic rings. The number of nitrogens with two attached hydrogens (primary N) is 1. The largest absolute Gasteiger partial charge is 0.328 e. The van der Waals surface area contributed by atoms with E-state index < -0.39 is 0 Å². The predicted octanol–water partition coefficient (Wildman–Crippen LogP) is 1.95. The van der Waals surface area contributed by atoms with Crippen LogP contribution in [0.1, 0.15) is 25.3 Å². The van der Waals surface area contributed by atoms with Gasteiger partial charge in [0.1, 0.15) is 0 Å². The lowest BCUT2D eigenvalue weighted by Crippen LogP contribution is -2.21. The molecule has 0 saturated heterocycles. The van der Waals surface area contributed by atoms with Crippen molar-refractivity contribution in [3.63, 3.8) is 0 Å². The summed E-state index contributed by atoms with van der Waals surface area (Å²) in [7, 11) is 0. The summed E-state index contributed by atoms with van der Waals surface area (Å²) < 4.78 is 0. The Bertz CT molecular complexity index is 244. The third kappa shape index (κ3) is 6.26. The first-order valence-corrected chi connectivity index (χ1v) is 5.79. The van der Waals surface area contributed by atoms with Gasteiger partial charge in [0.15, 0.2) is 0 Å². The van der Waals surface area contributed by atoms with Gasteiger partial charge in [0.2, 0.25) is 0 Å². The average molecular weight is 206 g/mol. The summed E-state index contributed by atoms with van der Waals surface area (Å²) in [6.07, 6.45) is 3.39. The molecule has 84 valence electrons. The molecular weight excluding hydrogens is 184 g/mol. The fourth-order valence-corrected chi connectivity index (χ4v) is 1.55. The first-order chi connectivity index (χ1) is 7.29. The van der Waals surface area contributed by atoms with Gasteiger partial charge in [-0.3, -0.25) is 0 Å². The Morgan fingerprint density at radius 3 is 2.60 bits per heavy atom. The highest BCUT2D eigenvalue weighted by Crippen LogP contribution is 1.98. The zero-order valence-corrected chi connectivity index (χ0v) is 9.58. The lowest BCUT2D eigenvalue weighted by atomic mass is 10.1. The Kier molecular flexibility index (Phi) is 6.05. The van der Waals surface area contributed by atoms with Gasteiger partial charge in [0.05, 0.1) is 0 Å². The maximum absolute atomic E-state index is 5.67. The van der Waals surface area contributed by atoms with Gasteiger partial charge in [-0.2, -0.15) is 0 Å². The van der Waals surface area contributed by atoms with Crippen LogP contribution in [-0.4, -0.2) is 19.1 Å². The highest BCUT2D eigenvalue weighted by molar-refractivity contribution is 5.14. The fourth-order valence-electron chi connectivity index (χ4n) is 1.55. The van der Waals surface area contributed by atoms with E-state index in [0.717, 1.165) is 25.9 Å². The molecule has 1 rings (SSSR count). The first-order valence-electron chi connectivity index (χ1n) is 5.79. The minimum atomic E-state index is 0.334. The summed E-state index contributed by atoms with van der Waals surface area (Å²) in [4.78, 5) is 0. The minimum Gasteiger partial charge on any atom is -0.328 e. The lowest BCUT2D eigenvalue weighted by molar-refractivity contribution is 0.575. The van der Waals surface area contributed by atoms with E-state index in [-0.39, 0.29) is 0 Å². The van der Waals surface area contributed by atoms with Crippen molar-refractivity contribution in [1.29, 1.82) is 0 Å². The van der Waals surface area contributed by atoms with Crippen LogP contribution in [0.2, 0.25) is 0 Å². The van der Waals surface area contributed by atoms with Crippen molar-refractivity contribution in [3.8, 4) is 0 Å². The van der Waals surface area contributed by atoms with Crippen LogP contribution in [0.15, 0.2) is 30.3 Å². The van der Waals surface area contributed by atoms with Crippen LogP contribution in [0.4, 0.5) is 0 Å². The number of hydrogen-bond donors (Lipinski definition) is 2. The molecule has 0 spiro atoms. The first kappa shape index (κ1) is 12.2. The van der Waals surface area contributed by atoms with E-state index in [9.17, 15) is 0 Å². The van der Waals surface area contributed by atoms with Crippen LogP contribution in [0, 0.1) is 0 Å². The maximum atomic E-state index is 5.67. The van der Waals surface area contributed by atoms with E-state index >= 15 is 0 Å². The summed E-state index contributed by atoms with van der Waals surface area (Å²) in [5, 5.41) is 3.43. The van der Waals surface area contributed by atoms with Crippen LogP contribution >= 0.6 is 0 Å². The molecule has 0 aliphatic rings. The fraction of sp³-hybridized carbons (Fsp3) is 0.538. The van der Waals surface area contributed by atoms with E-state index in [4.69, 9.17) is 5.73 Å². The van der Waals surface area contributed by atoms with Crippen LogP contribution in [-0.2, 0) is 6.42 Å². The van der Waals surface area contributed by atoms with Gasteiger partial charge in [-0.25, -0.2) is 0 Å². The lowest BCUT2D eigenvalue weighted by Gasteiger charge is -2.06. The molecule has 1 unspecified atom stereocenters. The van der Waals surface area contributed by atoms with Gasteiger partial charge in [0, 0.05) is 6.04 Å². The van der Waals surface area contributed by atoms with Crippen molar-refractivity contribution in [1.82, 2.24) is 5.32 Å². The second-order valence-corrected chi connectivity index (χ2v) is 4.11. The normalized spacial score (nSPS) is 12.7. The molecule has 1 atom stereocenters. The van der Waals surface area contributed by atoms with Crippen molar-refractivity contribution >= 4 is 0 Å². The van der Waals surface area contributed by atoms with Crippen LogP contribution in [0.25, 0.3) is 0 Å². The number of benzene rings is 1. The molecule has 0 bridgehead atoms. The Labute approximate surface area is 92.9 Å². The van der Waals surface area contributed by atoms with Gasteiger partial charge < -0.3 is 11.1 Å². The number of hydrogen-bond acceptors (Lipinski definition) is 2. The van der Waals surface area contributed by atoms with E-state index in [0.29, 0.717) is 6.04 Å².